The summed E-state index contributed by atoms with van der Waals surface area (Å²) in [6.07, 6.45) is 3.96. The molecule has 86 valence electrons. The highest BCUT2D eigenvalue weighted by Gasteiger charge is 2.15. The standard InChI is InChI=1S/C11H25NOS/c1-11(2,3)8-10(13)9-12-6-5-7-14-4/h10,12-13H,5-9H2,1-4H3. The molecule has 0 aliphatic rings. The van der Waals surface area contributed by atoms with Gasteiger partial charge in [0, 0.05) is 6.54 Å². The molecule has 0 rings (SSSR count). The monoisotopic (exact) mass is 219 g/mol. The Labute approximate surface area is 92.9 Å². The Morgan fingerprint density at radius 2 is 2.00 bits per heavy atom. The van der Waals surface area contributed by atoms with Gasteiger partial charge in [-0.3, -0.25) is 0 Å². The summed E-state index contributed by atoms with van der Waals surface area (Å²) in [5, 5.41) is 13.0. The van der Waals surface area contributed by atoms with Crippen molar-refractivity contribution in [2.75, 3.05) is 25.1 Å². The molecule has 2 N–H and O–H groups in total. The zero-order valence-electron chi connectivity index (χ0n) is 9.97. The second-order valence-corrected chi connectivity index (χ2v) is 5.95. The molecule has 2 nitrogen and oxygen atoms in total. The van der Waals surface area contributed by atoms with Crippen LogP contribution in [-0.4, -0.2) is 36.3 Å². The summed E-state index contributed by atoms with van der Waals surface area (Å²) in [4.78, 5) is 0. The molecule has 0 amide bonds. The highest BCUT2D eigenvalue weighted by Crippen LogP contribution is 2.20. The minimum Gasteiger partial charge on any atom is -0.392 e. The average Bonchev–Trinajstić information content (AvgIpc) is 2.00. The van der Waals surface area contributed by atoms with E-state index in [-0.39, 0.29) is 11.5 Å². The van der Waals surface area contributed by atoms with Crippen LogP contribution in [0, 0.1) is 5.41 Å². The molecule has 3 heteroatoms. The van der Waals surface area contributed by atoms with E-state index in [1.165, 1.54) is 12.2 Å². The lowest BCUT2D eigenvalue weighted by Gasteiger charge is -2.22. The molecule has 0 spiro atoms. The molecule has 0 bridgehead atoms. The fraction of sp³-hybridized carbons (Fsp3) is 1.00. The first-order valence-corrected chi connectivity index (χ1v) is 6.73. The van der Waals surface area contributed by atoms with Crippen molar-refractivity contribution < 1.29 is 5.11 Å². The molecule has 0 saturated heterocycles. The average molecular weight is 219 g/mol. The fourth-order valence-electron chi connectivity index (χ4n) is 1.39. The molecule has 0 radical (unpaired) electrons. The van der Waals surface area contributed by atoms with Crippen LogP contribution in [0.25, 0.3) is 0 Å². The van der Waals surface area contributed by atoms with Gasteiger partial charge in [0.15, 0.2) is 0 Å². The van der Waals surface area contributed by atoms with Crippen molar-refractivity contribution in [2.24, 2.45) is 5.41 Å². The van der Waals surface area contributed by atoms with Gasteiger partial charge in [-0.1, -0.05) is 20.8 Å². The Kier molecular flexibility index (Phi) is 7.69. The van der Waals surface area contributed by atoms with Gasteiger partial charge in [-0.05, 0) is 36.8 Å². The third-order valence-corrected chi connectivity index (χ3v) is 2.63. The van der Waals surface area contributed by atoms with Gasteiger partial charge in [-0.2, -0.15) is 11.8 Å². The van der Waals surface area contributed by atoms with Crippen molar-refractivity contribution in [3.8, 4) is 0 Å². The van der Waals surface area contributed by atoms with E-state index in [2.05, 4.69) is 32.3 Å². The quantitative estimate of drug-likeness (QED) is 0.643. The number of nitrogens with one attached hydrogen (secondary N) is 1. The molecule has 0 heterocycles. The molecule has 0 saturated carbocycles. The van der Waals surface area contributed by atoms with Crippen molar-refractivity contribution in [1.82, 2.24) is 5.32 Å². The van der Waals surface area contributed by atoms with Gasteiger partial charge in [0.25, 0.3) is 0 Å². The molecule has 14 heavy (non-hydrogen) atoms. The van der Waals surface area contributed by atoms with Gasteiger partial charge in [-0.25, -0.2) is 0 Å². The normalized spacial score (nSPS) is 14.4. The molecule has 0 aromatic rings. The van der Waals surface area contributed by atoms with Crippen LogP contribution in [0.5, 0.6) is 0 Å². The first-order valence-electron chi connectivity index (χ1n) is 5.33. The molecule has 0 aliphatic carbocycles. The van der Waals surface area contributed by atoms with Crippen LogP contribution in [0.15, 0.2) is 0 Å². The minimum atomic E-state index is -0.204. The Bertz CT molecular complexity index is 134. The van der Waals surface area contributed by atoms with Crippen LogP contribution in [-0.2, 0) is 0 Å². The summed E-state index contributed by atoms with van der Waals surface area (Å²) < 4.78 is 0. The van der Waals surface area contributed by atoms with Gasteiger partial charge in [0.2, 0.25) is 0 Å². The smallest absolute Gasteiger partial charge is 0.0669 e. The van der Waals surface area contributed by atoms with E-state index in [4.69, 9.17) is 0 Å². The van der Waals surface area contributed by atoms with Gasteiger partial charge in [0.05, 0.1) is 6.10 Å². The number of rotatable bonds is 7. The zero-order valence-corrected chi connectivity index (χ0v) is 10.8. The number of thioether (sulfide) groups is 1. The summed E-state index contributed by atoms with van der Waals surface area (Å²) in [6.45, 7) is 8.21. The van der Waals surface area contributed by atoms with Crippen LogP contribution in [0.4, 0.5) is 0 Å². The molecule has 0 aromatic carbocycles. The van der Waals surface area contributed by atoms with Crippen molar-refractivity contribution >= 4 is 11.8 Å². The van der Waals surface area contributed by atoms with E-state index in [1.807, 2.05) is 11.8 Å². The first kappa shape index (κ1) is 14.3. The van der Waals surface area contributed by atoms with E-state index >= 15 is 0 Å². The van der Waals surface area contributed by atoms with E-state index in [0.29, 0.717) is 0 Å². The summed E-state index contributed by atoms with van der Waals surface area (Å²) >= 11 is 1.87. The minimum absolute atomic E-state index is 0.204. The molecule has 0 aromatic heterocycles. The maximum Gasteiger partial charge on any atom is 0.0669 e. The lowest BCUT2D eigenvalue weighted by atomic mass is 9.89. The maximum absolute atomic E-state index is 9.67. The van der Waals surface area contributed by atoms with Crippen LogP contribution in [0.3, 0.4) is 0 Å². The van der Waals surface area contributed by atoms with E-state index in [0.717, 1.165) is 19.5 Å². The largest absolute Gasteiger partial charge is 0.392 e. The van der Waals surface area contributed by atoms with Crippen LogP contribution in [0.2, 0.25) is 0 Å². The first-order chi connectivity index (χ1) is 6.45. The van der Waals surface area contributed by atoms with Crippen LogP contribution >= 0.6 is 11.8 Å². The Morgan fingerprint density at radius 1 is 1.36 bits per heavy atom. The predicted octanol–water partition coefficient (Wildman–Crippen LogP) is 2.13. The third-order valence-electron chi connectivity index (χ3n) is 1.93. The SMILES string of the molecule is CSCCCNCC(O)CC(C)(C)C. The van der Waals surface area contributed by atoms with Crippen molar-refractivity contribution in [1.29, 1.82) is 0 Å². The second kappa shape index (κ2) is 7.55. The van der Waals surface area contributed by atoms with Crippen molar-refractivity contribution in [3.63, 3.8) is 0 Å². The number of aliphatic hydroxyl groups excluding tert-OH is 1. The highest BCUT2D eigenvalue weighted by molar-refractivity contribution is 7.98. The molecular formula is C11H25NOS. The van der Waals surface area contributed by atoms with Crippen molar-refractivity contribution in [2.45, 2.75) is 39.7 Å². The summed E-state index contributed by atoms with van der Waals surface area (Å²) in [6, 6.07) is 0. The Hall–Kier alpha value is 0.270. The third kappa shape index (κ3) is 10.4. The predicted molar refractivity (Wildman–Crippen MR) is 65.9 cm³/mol. The molecule has 1 unspecified atom stereocenters. The fourth-order valence-corrected chi connectivity index (χ4v) is 1.82. The number of hydrogen-bond acceptors (Lipinski definition) is 3. The van der Waals surface area contributed by atoms with Crippen LogP contribution < -0.4 is 5.32 Å². The summed E-state index contributed by atoms with van der Waals surface area (Å²) in [7, 11) is 0. The topological polar surface area (TPSA) is 32.3 Å². The Balaban J connectivity index is 3.31. The lowest BCUT2D eigenvalue weighted by Crippen LogP contribution is -2.30. The summed E-state index contributed by atoms with van der Waals surface area (Å²) in [5.74, 6) is 1.20. The van der Waals surface area contributed by atoms with Gasteiger partial charge in [-0.15, -0.1) is 0 Å². The molecule has 0 fully saturated rings. The number of hydrogen-bond donors (Lipinski definition) is 2. The summed E-state index contributed by atoms with van der Waals surface area (Å²) in [5.41, 5.74) is 0.223. The van der Waals surface area contributed by atoms with Gasteiger partial charge in [0.1, 0.15) is 0 Å². The van der Waals surface area contributed by atoms with Gasteiger partial charge < -0.3 is 10.4 Å². The lowest BCUT2D eigenvalue weighted by molar-refractivity contribution is 0.120. The highest BCUT2D eigenvalue weighted by atomic mass is 32.2. The van der Waals surface area contributed by atoms with E-state index < -0.39 is 0 Å². The van der Waals surface area contributed by atoms with Crippen LogP contribution in [0.1, 0.15) is 33.6 Å². The van der Waals surface area contributed by atoms with Gasteiger partial charge >= 0.3 is 0 Å². The molecular weight excluding hydrogens is 194 g/mol. The van der Waals surface area contributed by atoms with E-state index in [1.54, 1.807) is 0 Å². The Morgan fingerprint density at radius 3 is 2.50 bits per heavy atom. The maximum atomic E-state index is 9.67. The zero-order chi connectivity index (χ0) is 11.0. The van der Waals surface area contributed by atoms with E-state index in [9.17, 15) is 5.11 Å². The van der Waals surface area contributed by atoms with Crippen molar-refractivity contribution in [3.05, 3.63) is 0 Å². The molecule has 1 atom stereocenters. The second-order valence-electron chi connectivity index (χ2n) is 4.97. The molecule has 0 aliphatic heterocycles. The number of aliphatic hydroxyl groups is 1.